The van der Waals surface area contributed by atoms with Crippen LogP contribution in [0.3, 0.4) is 0 Å². The van der Waals surface area contributed by atoms with E-state index < -0.39 is 0 Å². The molecule has 0 unspecified atom stereocenters. The van der Waals surface area contributed by atoms with Gasteiger partial charge in [0.05, 0.1) is 25.6 Å². The Kier molecular flexibility index (Phi) is 5.00. The molecular formula is C19H21N3O3. The Labute approximate surface area is 146 Å². The van der Waals surface area contributed by atoms with Gasteiger partial charge in [0.25, 0.3) is 5.91 Å². The lowest BCUT2D eigenvalue weighted by atomic mass is 10.2. The summed E-state index contributed by atoms with van der Waals surface area (Å²) in [6.07, 6.45) is 1.62. The number of para-hydroxylation sites is 1. The fourth-order valence-electron chi connectivity index (χ4n) is 2.79. The summed E-state index contributed by atoms with van der Waals surface area (Å²) in [5.74, 6) is 0.415. The topological polar surface area (TPSA) is 56.6 Å². The zero-order valence-corrected chi connectivity index (χ0v) is 14.6. The Hall–Kier alpha value is -2.86. The maximum Gasteiger partial charge on any atom is 0.274 e. The number of fused-ring (bicyclic) bond motifs is 1. The number of pyridine rings is 1. The van der Waals surface area contributed by atoms with Crippen LogP contribution in [-0.4, -0.2) is 43.3 Å². The van der Waals surface area contributed by atoms with E-state index in [9.17, 15) is 4.79 Å². The van der Waals surface area contributed by atoms with Crippen molar-refractivity contribution in [2.24, 2.45) is 0 Å². The van der Waals surface area contributed by atoms with Crippen molar-refractivity contribution in [2.75, 3.05) is 32.8 Å². The predicted octanol–water partition coefficient (Wildman–Crippen LogP) is 2.97. The molecule has 0 fully saturated rings. The summed E-state index contributed by atoms with van der Waals surface area (Å²) in [7, 11) is 4.96. The maximum atomic E-state index is 13.1. The first-order valence-corrected chi connectivity index (χ1v) is 8.01. The number of amides is 1. The van der Waals surface area contributed by atoms with Crippen molar-refractivity contribution >= 4 is 22.5 Å². The normalized spacial score (nSPS) is 10.8. The molecule has 0 aliphatic carbocycles. The van der Waals surface area contributed by atoms with Crippen molar-refractivity contribution in [2.45, 2.75) is 6.54 Å². The third-order valence-corrected chi connectivity index (χ3v) is 4.17. The second kappa shape index (κ2) is 7.36. The number of hydrogen-bond acceptors (Lipinski definition) is 4. The van der Waals surface area contributed by atoms with Gasteiger partial charge in [-0.05, 0) is 18.2 Å². The molecule has 0 saturated heterocycles. The van der Waals surface area contributed by atoms with Crippen LogP contribution >= 0.6 is 0 Å². The highest BCUT2D eigenvalue weighted by atomic mass is 16.5. The molecule has 3 rings (SSSR count). The van der Waals surface area contributed by atoms with Crippen molar-refractivity contribution in [1.29, 1.82) is 0 Å². The Balaban J connectivity index is 1.97. The van der Waals surface area contributed by atoms with Crippen LogP contribution in [0.2, 0.25) is 0 Å². The standard InChI is InChI=1S/C19H21N3O3/c1-21(15-8-9-18(25-3)20-13-15)19(23)17-12-14-6-4-5-7-16(14)22(17)10-11-24-2/h4-9,12-13H,10-11H2,1-3H3. The lowest BCUT2D eigenvalue weighted by molar-refractivity contribution is 0.0982. The molecule has 0 saturated carbocycles. The molecule has 2 heterocycles. The van der Waals surface area contributed by atoms with Gasteiger partial charge in [0.2, 0.25) is 5.88 Å². The molecule has 0 N–H and O–H groups in total. The largest absolute Gasteiger partial charge is 0.481 e. The van der Waals surface area contributed by atoms with Crippen LogP contribution in [0.4, 0.5) is 5.69 Å². The molecule has 1 amide bonds. The van der Waals surface area contributed by atoms with Crippen LogP contribution in [0.15, 0.2) is 48.7 Å². The summed E-state index contributed by atoms with van der Waals surface area (Å²) >= 11 is 0. The minimum absolute atomic E-state index is 0.0979. The van der Waals surface area contributed by atoms with E-state index in [4.69, 9.17) is 9.47 Å². The highest BCUT2D eigenvalue weighted by Crippen LogP contribution is 2.23. The second-order valence-electron chi connectivity index (χ2n) is 5.66. The highest BCUT2D eigenvalue weighted by molar-refractivity contribution is 6.07. The van der Waals surface area contributed by atoms with Crippen molar-refractivity contribution in [1.82, 2.24) is 9.55 Å². The zero-order valence-electron chi connectivity index (χ0n) is 14.6. The van der Waals surface area contributed by atoms with Gasteiger partial charge in [0, 0.05) is 37.7 Å². The molecule has 3 aromatic rings. The minimum Gasteiger partial charge on any atom is -0.481 e. The quantitative estimate of drug-likeness (QED) is 0.693. The first-order chi connectivity index (χ1) is 12.2. The van der Waals surface area contributed by atoms with Crippen molar-refractivity contribution in [3.05, 3.63) is 54.4 Å². The van der Waals surface area contributed by atoms with Crippen LogP contribution in [0.1, 0.15) is 10.5 Å². The van der Waals surface area contributed by atoms with Crippen LogP contribution < -0.4 is 9.64 Å². The minimum atomic E-state index is -0.0979. The van der Waals surface area contributed by atoms with Crippen LogP contribution in [0, 0.1) is 0 Å². The lowest BCUT2D eigenvalue weighted by Crippen LogP contribution is -2.29. The molecule has 0 aliphatic rings. The van der Waals surface area contributed by atoms with Gasteiger partial charge < -0.3 is 18.9 Å². The Bertz CT molecular complexity index is 871. The molecule has 0 aliphatic heterocycles. The molecule has 25 heavy (non-hydrogen) atoms. The van der Waals surface area contributed by atoms with Gasteiger partial charge in [-0.1, -0.05) is 18.2 Å². The number of aromatic nitrogens is 2. The number of methoxy groups -OCH3 is 2. The van der Waals surface area contributed by atoms with Crippen LogP contribution in [0.5, 0.6) is 5.88 Å². The van der Waals surface area contributed by atoms with Gasteiger partial charge in [-0.3, -0.25) is 4.79 Å². The number of carbonyl (C=O) groups excluding carboxylic acids is 1. The van der Waals surface area contributed by atoms with Gasteiger partial charge in [0.1, 0.15) is 5.69 Å². The van der Waals surface area contributed by atoms with Gasteiger partial charge in [-0.15, -0.1) is 0 Å². The van der Waals surface area contributed by atoms with Crippen LogP contribution in [0.25, 0.3) is 10.9 Å². The third-order valence-electron chi connectivity index (χ3n) is 4.17. The van der Waals surface area contributed by atoms with E-state index in [0.29, 0.717) is 30.4 Å². The first-order valence-electron chi connectivity index (χ1n) is 8.01. The van der Waals surface area contributed by atoms with E-state index in [1.807, 2.05) is 41.0 Å². The number of carbonyl (C=O) groups is 1. The number of anilines is 1. The number of rotatable bonds is 6. The average Bonchev–Trinajstić information content (AvgIpc) is 3.03. The number of ether oxygens (including phenoxy) is 2. The molecular weight excluding hydrogens is 318 g/mol. The van der Waals surface area contributed by atoms with E-state index in [0.717, 1.165) is 10.9 Å². The smallest absolute Gasteiger partial charge is 0.274 e. The molecule has 0 spiro atoms. The van der Waals surface area contributed by atoms with Crippen LogP contribution in [-0.2, 0) is 11.3 Å². The van der Waals surface area contributed by atoms with Gasteiger partial charge in [0.15, 0.2) is 0 Å². The number of benzene rings is 1. The van der Waals surface area contributed by atoms with E-state index in [-0.39, 0.29) is 5.91 Å². The lowest BCUT2D eigenvalue weighted by Gasteiger charge is -2.18. The average molecular weight is 339 g/mol. The molecule has 130 valence electrons. The Morgan fingerprint density at radius 2 is 2.00 bits per heavy atom. The van der Waals surface area contributed by atoms with Crippen molar-refractivity contribution in [3.63, 3.8) is 0 Å². The SMILES string of the molecule is COCCn1c(C(=O)N(C)c2ccc(OC)nc2)cc2ccccc21. The summed E-state index contributed by atoms with van der Waals surface area (Å²) in [5, 5.41) is 1.03. The first kappa shape index (κ1) is 17.0. The second-order valence-corrected chi connectivity index (χ2v) is 5.66. The molecule has 6 nitrogen and oxygen atoms in total. The number of hydrogen-bond donors (Lipinski definition) is 0. The molecule has 0 bridgehead atoms. The summed E-state index contributed by atoms with van der Waals surface area (Å²) in [5.41, 5.74) is 2.34. The van der Waals surface area contributed by atoms with Gasteiger partial charge in [-0.2, -0.15) is 0 Å². The number of nitrogens with zero attached hydrogens (tertiary/aromatic N) is 3. The van der Waals surface area contributed by atoms with Crippen molar-refractivity contribution < 1.29 is 14.3 Å². The monoisotopic (exact) mass is 339 g/mol. The van der Waals surface area contributed by atoms with E-state index in [1.165, 1.54) is 0 Å². The summed E-state index contributed by atoms with van der Waals surface area (Å²) in [6, 6.07) is 13.4. The third kappa shape index (κ3) is 3.34. The highest BCUT2D eigenvalue weighted by Gasteiger charge is 2.20. The summed E-state index contributed by atoms with van der Waals surface area (Å²) in [6.45, 7) is 1.15. The Morgan fingerprint density at radius 1 is 1.20 bits per heavy atom. The maximum absolute atomic E-state index is 13.1. The fourth-order valence-corrected chi connectivity index (χ4v) is 2.79. The molecule has 0 radical (unpaired) electrons. The van der Waals surface area contributed by atoms with Gasteiger partial charge in [-0.25, -0.2) is 4.98 Å². The zero-order chi connectivity index (χ0) is 17.8. The van der Waals surface area contributed by atoms with Gasteiger partial charge >= 0.3 is 0 Å². The predicted molar refractivity (Wildman–Crippen MR) is 97.3 cm³/mol. The van der Waals surface area contributed by atoms with E-state index in [1.54, 1.807) is 38.4 Å². The van der Waals surface area contributed by atoms with E-state index >= 15 is 0 Å². The molecule has 6 heteroatoms. The molecule has 0 atom stereocenters. The van der Waals surface area contributed by atoms with Crippen molar-refractivity contribution in [3.8, 4) is 5.88 Å². The molecule has 2 aromatic heterocycles. The van der Waals surface area contributed by atoms with E-state index in [2.05, 4.69) is 4.98 Å². The Morgan fingerprint density at radius 3 is 2.68 bits per heavy atom. The molecule has 1 aromatic carbocycles. The summed E-state index contributed by atoms with van der Waals surface area (Å²) in [4.78, 5) is 18.8. The fraction of sp³-hybridized carbons (Fsp3) is 0.263. The summed E-state index contributed by atoms with van der Waals surface area (Å²) < 4.78 is 12.3.